The Morgan fingerprint density at radius 2 is 2.12 bits per heavy atom. The molecule has 1 aliphatic rings. The second-order valence-electron chi connectivity index (χ2n) is 6.50. The molecule has 6 heteroatoms. The van der Waals surface area contributed by atoms with Gasteiger partial charge in [0.2, 0.25) is 0 Å². The van der Waals surface area contributed by atoms with E-state index in [1.165, 1.54) is 18.9 Å². The van der Waals surface area contributed by atoms with Crippen LogP contribution in [0.25, 0.3) is 11.4 Å². The zero-order chi connectivity index (χ0) is 17.2. The van der Waals surface area contributed by atoms with Gasteiger partial charge in [0, 0.05) is 30.5 Å². The molecule has 130 valence electrons. The first-order valence-electron chi connectivity index (χ1n) is 8.30. The Labute approximate surface area is 140 Å². The molecule has 0 saturated carbocycles. The third-order valence-electron chi connectivity index (χ3n) is 4.68. The Morgan fingerprint density at radius 3 is 2.83 bits per heavy atom. The van der Waals surface area contributed by atoms with Gasteiger partial charge in [0.15, 0.2) is 0 Å². The first kappa shape index (κ1) is 17.0. The number of halogens is 3. The third-order valence-corrected chi connectivity index (χ3v) is 4.68. The quantitative estimate of drug-likeness (QED) is 0.818. The average molecular weight is 337 g/mol. The summed E-state index contributed by atoms with van der Waals surface area (Å²) in [5.74, 6) is 0.736. The number of aromatic nitrogens is 2. The number of alkyl halides is 3. The minimum Gasteiger partial charge on any atom is -0.331 e. The molecule has 0 N–H and O–H groups in total. The van der Waals surface area contributed by atoms with Gasteiger partial charge in [-0.1, -0.05) is 18.2 Å². The second kappa shape index (κ2) is 6.97. The molecular formula is C18H22F3N3. The number of aryl methyl sites for hydroxylation is 1. The minimum absolute atomic E-state index is 0.269. The van der Waals surface area contributed by atoms with Crippen molar-refractivity contribution in [2.45, 2.75) is 44.4 Å². The van der Waals surface area contributed by atoms with Crippen LogP contribution in [0.2, 0.25) is 0 Å². The van der Waals surface area contributed by atoms with Crippen LogP contribution in [-0.2, 0) is 13.0 Å². The van der Waals surface area contributed by atoms with Crippen molar-refractivity contribution in [3.05, 3.63) is 42.2 Å². The van der Waals surface area contributed by atoms with Gasteiger partial charge in [-0.3, -0.25) is 0 Å². The Bertz CT molecular complexity index is 678. The smallest absolute Gasteiger partial charge is 0.331 e. The predicted octanol–water partition coefficient (Wildman–Crippen LogP) is 4.14. The molecule has 1 fully saturated rings. The van der Waals surface area contributed by atoms with Gasteiger partial charge in [-0.15, -0.1) is 0 Å². The second-order valence-corrected chi connectivity index (χ2v) is 6.50. The molecule has 1 atom stereocenters. The third kappa shape index (κ3) is 4.17. The van der Waals surface area contributed by atoms with Gasteiger partial charge >= 0.3 is 6.18 Å². The molecule has 0 radical (unpaired) electrons. The van der Waals surface area contributed by atoms with Crippen LogP contribution < -0.4 is 0 Å². The number of benzene rings is 1. The van der Waals surface area contributed by atoms with E-state index in [-0.39, 0.29) is 5.56 Å². The minimum atomic E-state index is -4.19. The molecule has 1 unspecified atom stereocenters. The van der Waals surface area contributed by atoms with Crippen molar-refractivity contribution in [3.8, 4) is 11.4 Å². The molecule has 0 bridgehead atoms. The zero-order valence-electron chi connectivity index (χ0n) is 13.8. The first-order valence-corrected chi connectivity index (χ1v) is 8.30. The van der Waals surface area contributed by atoms with E-state index in [1.807, 2.05) is 16.8 Å². The van der Waals surface area contributed by atoms with E-state index >= 15 is 0 Å². The van der Waals surface area contributed by atoms with Crippen LogP contribution in [0.1, 0.15) is 24.8 Å². The number of hydrogen-bond acceptors (Lipinski definition) is 2. The lowest BCUT2D eigenvalue weighted by Gasteiger charge is -2.20. The molecule has 0 aliphatic carbocycles. The maximum absolute atomic E-state index is 12.6. The fourth-order valence-corrected chi connectivity index (χ4v) is 3.43. The summed E-state index contributed by atoms with van der Waals surface area (Å²) < 4.78 is 39.8. The Balaban J connectivity index is 1.73. The van der Waals surface area contributed by atoms with Crippen molar-refractivity contribution >= 4 is 0 Å². The summed E-state index contributed by atoms with van der Waals surface area (Å²) in [6.07, 6.45) is 1.99. The highest BCUT2D eigenvalue weighted by atomic mass is 19.4. The lowest BCUT2D eigenvalue weighted by molar-refractivity contribution is -0.127. The normalized spacial score (nSPS) is 19.1. The van der Waals surface area contributed by atoms with Gasteiger partial charge in [0.1, 0.15) is 5.82 Å². The van der Waals surface area contributed by atoms with E-state index in [2.05, 4.69) is 16.9 Å². The lowest BCUT2D eigenvalue weighted by atomic mass is 10.1. The molecule has 1 aromatic carbocycles. The largest absolute Gasteiger partial charge is 0.393 e. The van der Waals surface area contributed by atoms with Gasteiger partial charge in [-0.05, 0) is 44.5 Å². The van der Waals surface area contributed by atoms with Gasteiger partial charge in [0.05, 0.1) is 6.42 Å². The van der Waals surface area contributed by atoms with E-state index in [1.54, 1.807) is 18.3 Å². The van der Waals surface area contributed by atoms with Crippen LogP contribution in [0.15, 0.2) is 36.7 Å². The molecule has 3 nitrogen and oxygen atoms in total. The predicted molar refractivity (Wildman–Crippen MR) is 87.7 cm³/mol. The van der Waals surface area contributed by atoms with E-state index < -0.39 is 12.6 Å². The summed E-state index contributed by atoms with van der Waals surface area (Å²) in [7, 11) is 2.15. The number of hydrogen-bond donors (Lipinski definition) is 0. The van der Waals surface area contributed by atoms with Crippen LogP contribution in [0.4, 0.5) is 13.2 Å². The van der Waals surface area contributed by atoms with Gasteiger partial charge in [0.25, 0.3) is 0 Å². The highest BCUT2D eigenvalue weighted by Crippen LogP contribution is 2.26. The van der Waals surface area contributed by atoms with E-state index in [0.717, 1.165) is 30.9 Å². The van der Waals surface area contributed by atoms with E-state index in [0.29, 0.717) is 6.04 Å². The number of rotatable bonds is 5. The van der Waals surface area contributed by atoms with Gasteiger partial charge in [-0.2, -0.15) is 13.2 Å². The topological polar surface area (TPSA) is 21.1 Å². The Kier molecular flexibility index (Phi) is 4.94. The monoisotopic (exact) mass is 337 g/mol. The van der Waals surface area contributed by atoms with E-state index in [4.69, 9.17) is 0 Å². The van der Waals surface area contributed by atoms with Crippen molar-refractivity contribution in [2.75, 3.05) is 13.6 Å². The van der Waals surface area contributed by atoms with Crippen molar-refractivity contribution in [2.24, 2.45) is 0 Å². The maximum atomic E-state index is 12.6. The molecular weight excluding hydrogens is 315 g/mol. The van der Waals surface area contributed by atoms with Crippen LogP contribution in [0, 0.1) is 0 Å². The van der Waals surface area contributed by atoms with Crippen molar-refractivity contribution in [3.63, 3.8) is 0 Å². The highest BCUT2D eigenvalue weighted by molar-refractivity contribution is 5.56. The van der Waals surface area contributed by atoms with Crippen molar-refractivity contribution < 1.29 is 13.2 Å². The molecule has 0 amide bonds. The van der Waals surface area contributed by atoms with Crippen LogP contribution >= 0.6 is 0 Å². The maximum Gasteiger partial charge on any atom is 0.393 e. The summed E-state index contributed by atoms with van der Waals surface area (Å²) in [4.78, 5) is 6.73. The molecule has 3 rings (SSSR count). The molecule has 1 aromatic heterocycles. The van der Waals surface area contributed by atoms with E-state index in [9.17, 15) is 13.2 Å². The fourth-order valence-electron chi connectivity index (χ4n) is 3.43. The molecule has 2 heterocycles. The average Bonchev–Trinajstić information content (AvgIpc) is 3.12. The van der Waals surface area contributed by atoms with Crippen LogP contribution in [-0.4, -0.2) is 40.3 Å². The van der Waals surface area contributed by atoms with Crippen LogP contribution in [0.5, 0.6) is 0 Å². The summed E-state index contributed by atoms with van der Waals surface area (Å²) in [5.41, 5.74) is 1.01. The van der Waals surface area contributed by atoms with Gasteiger partial charge in [-0.25, -0.2) is 4.98 Å². The van der Waals surface area contributed by atoms with Crippen molar-refractivity contribution in [1.82, 2.24) is 14.5 Å². The standard InChI is InChI=1S/C18H22F3N3/c1-23-9-3-6-16(23)7-10-24-11-8-22-17(24)15-5-2-4-14(12-15)13-18(19,20)21/h2,4-5,8,11-12,16H,3,6-7,9-10,13H2,1H3. The van der Waals surface area contributed by atoms with Crippen molar-refractivity contribution in [1.29, 1.82) is 0 Å². The number of imidazole rings is 1. The Morgan fingerprint density at radius 1 is 1.29 bits per heavy atom. The summed E-state index contributed by atoms with van der Waals surface area (Å²) in [6, 6.07) is 7.17. The first-order chi connectivity index (χ1) is 11.4. The molecule has 1 saturated heterocycles. The zero-order valence-corrected chi connectivity index (χ0v) is 13.8. The number of likely N-dealkylation sites (tertiary alicyclic amines) is 1. The molecule has 24 heavy (non-hydrogen) atoms. The molecule has 1 aliphatic heterocycles. The number of nitrogens with zero attached hydrogens (tertiary/aromatic N) is 3. The SMILES string of the molecule is CN1CCCC1CCn1ccnc1-c1cccc(CC(F)(F)F)c1. The molecule has 0 spiro atoms. The Hall–Kier alpha value is -1.82. The lowest BCUT2D eigenvalue weighted by Crippen LogP contribution is -2.26. The summed E-state index contributed by atoms with van der Waals surface area (Å²) in [6.45, 7) is 1.97. The van der Waals surface area contributed by atoms with Crippen LogP contribution in [0.3, 0.4) is 0 Å². The fraction of sp³-hybridized carbons (Fsp3) is 0.500. The summed E-state index contributed by atoms with van der Waals surface area (Å²) >= 11 is 0. The highest BCUT2D eigenvalue weighted by Gasteiger charge is 2.27. The summed E-state index contributed by atoms with van der Waals surface area (Å²) in [5, 5.41) is 0. The molecule has 2 aromatic rings. The van der Waals surface area contributed by atoms with Gasteiger partial charge < -0.3 is 9.47 Å².